The molecule has 0 spiro atoms. The van der Waals surface area contributed by atoms with E-state index in [1.165, 1.54) is 6.08 Å². The Balaban J connectivity index is 1.71. The lowest BCUT2D eigenvalue weighted by molar-refractivity contribution is -0.200. The number of halogens is 1. The number of ether oxygens (including phenoxy) is 2. The lowest BCUT2D eigenvalue weighted by Gasteiger charge is -2.32. The van der Waals surface area contributed by atoms with Gasteiger partial charge in [0.2, 0.25) is 0 Å². The zero-order chi connectivity index (χ0) is 20.1. The normalized spacial score (nSPS) is 21.3. The fourth-order valence-electron chi connectivity index (χ4n) is 3.42. The van der Waals surface area contributed by atoms with Crippen LogP contribution in [0.5, 0.6) is 5.75 Å². The highest BCUT2D eigenvalue weighted by molar-refractivity contribution is 6.31. The fraction of sp³-hybridized carbons (Fsp3) is 0.318. The Morgan fingerprint density at radius 1 is 1.18 bits per heavy atom. The summed E-state index contributed by atoms with van der Waals surface area (Å²) in [6.45, 7) is 2.65. The molecule has 1 unspecified atom stereocenters. The number of aromatic hydroxyl groups is 1. The minimum Gasteiger partial charge on any atom is -0.507 e. The molecule has 2 N–H and O–H groups in total. The molecule has 0 amide bonds. The third-order valence-corrected chi connectivity index (χ3v) is 5.24. The highest BCUT2D eigenvalue weighted by Crippen LogP contribution is 2.36. The summed E-state index contributed by atoms with van der Waals surface area (Å²) < 4.78 is 11.6. The molecule has 1 heterocycles. The monoisotopic (exact) mass is 402 g/mol. The molecule has 1 saturated heterocycles. The molecular formula is C22H23ClO5. The summed E-state index contributed by atoms with van der Waals surface area (Å²) in [6, 6.07) is 14.4. The Morgan fingerprint density at radius 2 is 1.82 bits per heavy atom. The van der Waals surface area contributed by atoms with Crippen molar-refractivity contribution in [3.05, 3.63) is 76.3 Å². The second kappa shape index (κ2) is 9.24. The van der Waals surface area contributed by atoms with Crippen LogP contribution < -0.4 is 0 Å². The van der Waals surface area contributed by atoms with Gasteiger partial charge in [-0.25, -0.2) is 4.79 Å². The second-order valence-electron chi connectivity index (χ2n) is 6.94. The number of carbonyl (C=O) groups is 1. The van der Waals surface area contributed by atoms with Crippen molar-refractivity contribution in [3.8, 4) is 5.75 Å². The Hall–Kier alpha value is -2.34. The van der Waals surface area contributed by atoms with Crippen molar-refractivity contribution in [1.82, 2.24) is 0 Å². The van der Waals surface area contributed by atoms with Gasteiger partial charge in [-0.15, -0.1) is 0 Å². The van der Waals surface area contributed by atoms with Crippen LogP contribution in [-0.4, -0.2) is 29.4 Å². The lowest BCUT2D eigenvalue weighted by atomic mass is 9.87. The summed E-state index contributed by atoms with van der Waals surface area (Å²) >= 11 is 6.29. The van der Waals surface area contributed by atoms with E-state index < -0.39 is 12.3 Å². The second-order valence-corrected chi connectivity index (χ2v) is 7.35. The van der Waals surface area contributed by atoms with Crippen LogP contribution in [0.1, 0.15) is 36.7 Å². The number of benzene rings is 2. The number of para-hydroxylation sites is 1. The summed E-state index contributed by atoms with van der Waals surface area (Å²) in [5.74, 6) is -1.01. The maximum atomic E-state index is 11.4. The number of aliphatic carboxylic acids is 1. The zero-order valence-electron chi connectivity index (χ0n) is 15.5. The Bertz CT molecular complexity index is 856. The van der Waals surface area contributed by atoms with Gasteiger partial charge in [-0.1, -0.05) is 60.5 Å². The minimum absolute atomic E-state index is 0.0511. The van der Waals surface area contributed by atoms with Crippen molar-refractivity contribution in [2.45, 2.75) is 25.6 Å². The number of rotatable bonds is 6. The van der Waals surface area contributed by atoms with Gasteiger partial charge in [-0.3, -0.25) is 0 Å². The first kappa shape index (κ1) is 20.4. The highest BCUT2D eigenvalue weighted by Gasteiger charge is 2.29. The molecule has 2 aromatic carbocycles. The molecule has 1 fully saturated rings. The molecule has 0 bridgehead atoms. The quantitative estimate of drug-likeness (QED) is 0.671. The molecule has 3 rings (SSSR count). The number of hydrogen-bond acceptors (Lipinski definition) is 4. The van der Waals surface area contributed by atoms with E-state index >= 15 is 0 Å². The largest absolute Gasteiger partial charge is 0.507 e. The van der Waals surface area contributed by atoms with Crippen molar-refractivity contribution in [1.29, 1.82) is 0 Å². The van der Waals surface area contributed by atoms with Gasteiger partial charge >= 0.3 is 5.97 Å². The molecule has 1 aliphatic rings. The van der Waals surface area contributed by atoms with Crippen LogP contribution in [0.15, 0.2) is 60.2 Å². The van der Waals surface area contributed by atoms with Crippen LogP contribution in [0.2, 0.25) is 5.02 Å². The molecule has 0 aromatic heterocycles. The maximum absolute atomic E-state index is 11.4. The van der Waals surface area contributed by atoms with Crippen LogP contribution >= 0.6 is 11.6 Å². The number of phenolic OH excluding ortho intramolecular Hbond substituents is 1. The molecule has 2 aromatic rings. The molecule has 0 radical (unpaired) electrons. The van der Waals surface area contributed by atoms with Gasteiger partial charge < -0.3 is 19.7 Å². The van der Waals surface area contributed by atoms with Crippen molar-refractivity contribution < 1.29 is 24.5 Å². The topological polar surface area (TPSA) is 76.0 Å². The predicted molar refractivity (Wildman–Crippen MR) is 106 cm³/mol. The molecule has 6 heteroatoms. The average Bonchev–Trinajstić information content (AvgIpc) is 2.68. The molecule has 148 valence electrons. The van der Waals surface area contributed by atoms with Crippen molar-refractivity contribution >= 4 is 17.6 Å². The number of hydrogen-bond donors (Lipinski definition) is 2. The Labute approximate surface area is 169 Å². The van der Waals surface area contributed by atoms with E-state index in [-0.39, 0.29) is 17.6 Å². The van der Waals surface area contributed by atoms with Crippen LogP contribution in [0.25, 0.3) is 0 Å². The number of carboxylic acids is 1. The minimum atomic E-state index is -0.996. The van der Waals surface area contributed by atoms with Gasteiger partial charge in [0.15, 0.2) is 6.29 Å². The SMILES string of the molecule is CC(C/C(=C\C(=O)O)C1COC(c2ccccc2O)OC1)c1ccccc1Cl. The molecular weight excluding hydrogens is 380 g/mol. The Kier molecular flexibility index (Phi) is 6.73. The van der Waals surface area contributed by atoms with Crippen LogP contribution in [0.3, 0.4) is 0 Å². The van der Waals surface area contributed by atoms with E-state index in [1.54, 1.807) is 24.3 Å². The first-order chi connectivity index (χ1) is 13.5. The molecule has 0 aliphatic carbocycles. The molecule has 28 heavy (non-hydrogen) atoms. The van der Waals surface area contributed by atoms with Crippen LogP contribution in [0, 0.1) is 5.92 Å². The van der Waals surface area contributed by atoms with E-state index in [1.807, 2.05) is 31.2 Å². The third-order valence-electron chi connectivity index (χ3n) is 4.90. The van der Waals surface area contributed by atoms with E-state index in [0.29, 0.717) is 30.2 Å². The van der Waals surface area contributed by atoms with Crippen molar-refractivity contribution in [3.63, 3.8) is 0 Å². The maximum Gasteiger partial charge on any atom is 0.328 e. The lowest BCUT2D eigenvalue weighted by Crippen LogP contribution is -2.29. The van der Waals surface area contributed by atoms with Gasteiger partial charge in [-0.2, -0.15) is 0 Å². The molecule has 0 saturated carbocycles. The fourth-order valence-corrected chi connectivity index (χ4v) is 3.75. The van der Waals surface area contributed by atoms with Crippen LogP contribution in [-0.2, 0) is 14.3 Å². The van der Waals surface area contributed by atoms with Crippen molar-refractivity contribution in [2.75, 3.05) is 13.2 Å². The van der Waals surface area contributed by atoms with E-state index in [4.69, 9.17) is 21.1 Å². The summed E-state index contributed by atoms with van der Waals surface area (Å²) in [5.41, 5.74) is 2.29. The van der Waals surface area contributed by atoms with Crippen LogP contribution in [0.4, 0.5) is 0 Å². The zero-order valence-corrected chi connectivity index (χ0v) is 16.3. The third kappa shape index (κ3) is 4.93. The van der Waals surface area contributed by atoms with Gasteiger partial charge in [-0.05, 0) is 30.0 Å². The first-order valence-corrected chi connectivity index (χ1v) is 9.52. The number of phenols is 1. The summed E-state index contributed by atoms with van der Waals surface area (Å²) in [7, 11) is 0. The summed E-state index contributed by atoms with van der Waals surface area (Å²) in [6.07, 6.45) is 1.12. The van der Waals surface area contributed by atoms with Gasteiger partial charge in [0.05, 0.1) is 13.2 Å². The molecule has 1 atom stereocenters. The van der Waals surface area contributed by atoms with Gasteiger partial charge in [0.25, 0.3) is 0 Å². The smallest absolute Gasteiger partial charge is 0.328 e. The van der Waals surface area contributed by atoms with Gasteiger partial charge in [0, 0.05) is 22.6 Å². The first-order valence-electron chi connectivity index (χ1n) is 9.14. The molecule has 1 aliphatic heterocycles. The average molecular weight is 403 g/mol. The predicted octanol–water partition coefficient (Wildman–Crippen LogP) is 4.91. The summed E-state index contributed by atoms with van der Waals surface area (Å²) in [5, 5.41) is 19.9. The standard InChI is InChI=1S/C22H23ClO5/c1-14(17-6-2-4-8-19(17)23)10-15(11-21(25)26)16-12-27-22(28-13-16)18-7-3-5-9-20(18)24/h2-9,11,14,16,22,24H,10,12-13H2,1H3,(H,25,26)/b15-11+. The van der Waals surface area contributed by atoms with E-state index in [0.717, 1.165) is 11.1 Å². The number of carboxylic acid groups (broad SMARTS) is 1. The Morgan fingerprint density at radius 3 is 2.46 bits per heavy atom. The highest BCUT2D eigenvalue weighted by atomic mass is 35.5. The van der Waals surface area contributed by atoms with Crippen molar-refractivity contribution in [2.24, 2.45) is 5.92 Å². The van der Waals surface area contributed by atoms with E-state index in [2.05, 4.69) is 0 Å². The van der Waals surface area contributed by atoms with E-state index in [9.17, 15) is 15.0 Å². The molecule has 5 nitrogen and oxygen atoms in total. The summed E-state index contributed by atoms with van der Waals surface area (Å²) in [4.78, 5) is 11.4. The van der Waals surface area contributed by atoms with Gasteiger partial charge in [0.1, 0.15) is 5.75 Å².